The average Bonchev–Trinajstić information content (AvgIpc) is 3.04. The van der Waals surface area contributed by atoms with Crippen molar-refractivity contribution in [2.45, 2.75) is 37.1 Å². The lowest BCUT2D eigenvalue weighted by Crippen LogP contribution is -2.54. The second-order valence-corrected chi connectivity index (χ2v) is 7.85. The zero-order chi connectivity index (χ0) is 17.4. The van der Waals surface area contributed by atoms with Crippen molar-refractivity contribution in [2.24, 2.45) is 17.8 Å². The molecular weight excluding hydrogens is 320 g/mol. The highest BCUT2D eigenvalue weighted by Gasteiger charge is 2.58. The second-order valence-electron chi connectivity index (χ2n) is 6.28. The summed E-state index contributed by atoms with van der Waals surface area (Å²) < 4.78 is 32.9. The number of hydrogen-bond donors (Lipinski definition) is 3. The van der Waals surface area contributed by atoms with Crippen LogP contribution in [0, 0.1) is 17.8 Å². The zero-order valence-corrected chi connectivity index (χ0v) is 13.8. The lowest BCUT2D eigenvalue weighted by Gasteiger charge is -2.37. The Kier molecular flexibility index (Phi) is 4.95. The van der Waals surface area contributed by atoms with Crippen molar-refractivity contribution >= 4 is 21.9 Å². The first-order chi connectivity index (χ1) is 10.7. The Balaban J connectivity index is 2.22. The minimum Gasteiger partial charge on any atom is -0.350 e. The Morgan fingerprint density at radius 2 is 1.83 bits per heavy atom. The number of rotatable bonds is 6. The van der Waals surface area contributed by atoms with Crippen LogP contribution in [0.5, 0.6) is 0 Å². The maximum Gasteiger partial charge on any atom is 0.270 e. The molecular formula is C15H22N2O5S. The fourth-order valence-electron chi connectivity index (χ4n) is 4.17. The van der Waals surface area contributed by atoms with E-state index in [0.29, 0.717) is 12.8 Å². The lowest BCUT2D eigenvalue weighted by atomic mass is 9.80. The number of carbonyl (C=O) groups excluding carboxylic acids is 2. The Labute approximate surface area is 136 Å². The summed E-state index contributed by atoms with van der Waals surface area (Å²) >= 11 is 0. The summed E-state index contributed by atoms with van der Waals surface area (Å²) in [5, 5.41) is 4.43. The minimum atomic E-state index is -4.27. The maximum atomic E-state index is 11.7. The van der Waals surface area contributed by atoms with Crippen molar-refractivity contribution in [1.82, 2.24) is 10.6 Å². The number of fused-ring (bicyclic) bond motifs is 2. The largest absolute Gasteiger partial charge is 0.350 e. The third-order valence-corrected chi connectivity index (χ3v) is 6.38. The van der Waals surface area contributed by atoms with Gasteiger partial charge >= 0.3 is 0 Å². The van der Waals surface area contributed by atoms with Gasteiger partial charge in [0.1, 0.15) is 5.25 Å². The molecule has 6 atom stereocenters. The van der Waals surface area contributed by atoms with Crippen LogP contribution in [0.2, 0.25) is 0 Å². The Hall–Kier alpha value is -1.67. The van der Waals surface area contributed by atoms with Gasteiger partial charge in [0.2, 0.25) is 11.8 Å². The summed E-state index contributed by atoms with van der Waals surface area (Å²) in [6, 6.07) is -0.858. The first-order valence-corrected chi connectivity index (χ1v) is 9.01. The standard InChI is InChI=1S/C15H22N2O5S/c1-4-12(18)16-8(3)10-6-9-7-11(10)14(17-13(19)5-2)15(9)23(20,21)22/h4-5,8-11,14-15H,1-2,6-7H2,3H3,(H,16,18)(H,17,19)(H,20,21,22). The van der Waals surface area contributed by atoms with Crippen molar-refractivity contribution in [3.8, 4) is 0 Å². The first kappa shape index (κ1) is 17.7. The lowest BCUT2D eigenvalue weighted by molar-refractivity contribution is -0.119. The van der Waals surface area contributed by atoms with Gasteiger partial charge in [-0.1, -0.05) is 13.2 Å². The van der Waals surface area contributed by atoms with Crippen molar-refractivity contribution in [1.29, 1.82) is 0 Å². The predicted molar refractivity (Wildman–Crippen MR) is 85.0 cm³/mol. The first-order valence-electron chi connectivity index (χ1n) is 7.51. The zero-order valence-electron chi connectivity index (χ0n) is 12.9. The van der Waals surface area contributed by atoms with Gasteiger partial charge in [-0.25, -0.2) is 0 Å². The normalized spacial score (nSPS) is 33.7. The minimum absolute atomic E-state index is 0.0250. The van der Waals surface area contributed by atoms with Crippen molar-refractivity contribution < 1.29 is 22.6 Å². The summed E-state index contributed by atoms with van der Waals surface area (Å²) in [5.74, 6) is -1.11. The molecule has 2 amide bonds. The van der Waals surface area contributed by atoms with E-state index in [1.807, 2.05) is 6.92 Å². The molecule has 7 nitrogen and oxygen atoms in total. The van der Waals surface area contributed by atoms with E-state index in [2.05, 4.69) is 23.8 Å². The summed E-state index contributed by atoms with van der Waals surface area (Å²) in [6.07, 6.45) is 3.42. The molecule has 0 aromatic rings. The molecule has 0 aliphatic heterocycles. The smallest absolute Gasteiger partial charge is 0.270 e. The van der Waals surface area contributed by atoms with Gasteiger partial charge in [0.05, 0.1) is 6.04 Å². The van der Waals surface area contributed by atoms with E-state index in [9.17, 15) is 22.6 Å². The molecule has 2 aliphatic carbocycles. The fourth-order valence-corrected chi connectivity index (χ4v) is 5.52. The van der Waals surface area contributed by atoms with Crippen LogP contribution in [0.4, 0.5) is 0 Å². The topological polar surface area (TPSA) is 113 Å². The van der Waals surface area contributed by atoms with Crippen molar-refractivity contribution in [3.05, 3.63) is 25.3 Å². The Bertz CT molecular complexity index is 630. The highest BCUT2D eigenvalue weighted by Crippen LogP contribution is 2.52. The molecule has 2 saturated carbocycles. The molecule has 8 heteroatoms. The van der Waals surface area contributed by atoms with Crippen molar-refractivity contribution in [3.63, 3.8) is 0 Å². The monoisotopic (exact) mass is 342 g/mol. The maximum absolute atomic E-state index is 11.7. The van der Waals surface area contributed by atoms with Crippen LogP contribution in [0.25, 0.3) is 0 Å². The molecule has 2 bridgehead atoms. The molecule has 2 aliphatic rings. The van der Waals surface area contributed by atoms with Crippen LogP contribution in [-0.2, 0) is 19.7 Å². The van der Waals surface area contributed by atoms with E-state index < -0.39 is 27.3 Å². The van der Waals surface area contributed by atoms with E-state index in [0.717, 1.165) is 6.08 Å². The fraction of sp³-hybridized carbons (Fsp3) is 0.600. The average molecular weight is 342 g/mol. The number of nitrogens with one attached hydrogen (secondary N) is 2. The van der Waals surface area contributed by atoms with Gasteiger partial charge in [-0.15, -0.1) is 0 Å². The van der Waals surface area contributed by atoms with Gasteiger partial charge in [-0.05, 0) is 49.7 Å². The van der Waals surface area contributed by atoms with Gasteiger partial charge < -0.3 is 10.6 Å². The summed E-state index contributed by atoms with van der Waals surface area (Å²) in [4.78, 5) is 23.1. The van der Waals surface area contributed by atoms with E-state index in [1.54, 1.807) is 0 Å². The van der Waals surface area contributed by atoms with E-state index in [1.165, 1.54) is 6.08 Å². The van der Waals surface area contributed by atoms with E-state index in [4.69, 9.17) is 0 Å². The molecule has 2 fully saturated rings. The number of amides is 2. The van der Waals surface area contributed by atoms with Gasteiger partial charge in [-0.2, -0.15) is 8.42 Å². The predicted octanol–water partition coefficient (Wildman–Crippen LogP) is 0.260. The van der Waals surface area contributed by atoms with E-state index in [-0.39, 0.29) is 29.7 Å². The molecule has 0 radical (unpaired) electrons. The summed E-state index contributed by atoms with van der Waals surface area (Å²) in [7, 11) is -4.27. The Morgan fingerprint density at radius 3 is 2.35 bits per heavy atom. The van der Waals surface area contributed by atoms with Gasteiger partial charge in [0.25, 0.3) is 10.1 Å². The van der Waals surface area contributed by atoms with Crippen LogP contribution < -0.4 is 10.6 Å². The van der Waals surface area contributed by atoms with Gasteiger partial charge in [0, 0.05) is 6.04 Å². The van der Waals surface area contributed by atoms with Crippen LogP contribution in [0.3, 0.4) is 0 Å². The number of hydrogen-bond acceptors (Lipinski definition) is 4. The van der Waals surface area contributed by atoms with Crippen molar-refractivity contribution in [2.75, 3.05) is 0 Å². The highest BCUT2D eigenvalue weighted by atomic mass is 32.2. The quantitative estimate of drug-likeness (QED) is 0.473. The Morgan fingerprint density at radius 1 is 1.22 bits per heavy atom. The molecule has 0 saturated heterocycles. The highest BCUT2D eigenvalue weighted by molar-refractivity contribution is 7.86. The molecule has 6 unspecified atom stereocenters. The summed E-state index contributed by atoms with van der Waals surface area (Å²) in [5.41, 5.74) is 0. The molecule has 23 heavy (non-hydrogen) atoms. The number of carbonyl (C=O) groups is 2. The van der Waals surface area contributed by atoms with Gasteiger partial charge in [0.15, 0.2) is 0 Å². The van der Waals surface area contributed by atoms with Crippen LogP contribution in [-0.4, -0.2) is 42.1 Å². The van der Waals surface area contributed by atoms with Crippen LogP contribution in [0.1, 0.15) is 19.8 Å². The second kappa shape index (κ2) is 6.45. The molecule has 0 heterocycles. The van der Waals surface area contributed by atoms with Gasteiger partial charge in [-0.3, -0.25) is 14.1 Å². The van der Waals surface area contributed by atoms with Crippen LogP contribution in [0.15, 0.2) is 25.3 Å². The third kappa shape index (κ3) is 3.48. The molecule has 128 valence electrons. The molecule has 0 aromatic carbocycles. The van der Waals surface area contributed by atoms with E-state index >= 15 is 0 Å². The molecule has 2 rings (SSSR count). The van der Waals surface area contributed by atoms with Crippen LogP contribution >= 0.6 is 0 Å². The molecule has 0 spiro atoms. The molecule has 0 aromatic heterocycles. The third-order valence-electron chi connectivity index (χ3n) is 5.02. The SMILES string of the molecule is C=CC(=O)NC(C)C1CC2CC1C(NC(=O)C=C)C2S(=O)(=O)O. The summed E-state index contributed by atoms with van der Waals surface area (Å²) in [6.45, 7) is 8.62. The molecule has 3 N–H and O–H groups in total.